The Morgan fingerprint density at radius 3 is 2.86 bits per heavy atom. The van der Waals surface area contributed by atoms with Crippen molar-refractivity contribution in [2.24, 2.45) is 0 Å². The Labute approximate surface area is 168 Å². The van der Waals surface area contributed by atoms with Crippen molar-refractivity contribution in [1.29, 1.82) is 0 Å². The lowest BCUT2D eigenvalue weighted by Crippen LogP contribution is -2.44. The van der Waals surface area contributed by atoms with Crippen LogP contribution in [0.2, 0.25) is 0 Å². The molecule has 0 bridgehead atoms. The van der Waals surface area contributed by atoms with Gasteiger partial charge >= 0.3 is 0 Å². The molecular formula is C20H24N6OS. The Hall–Kier alpha value is -2.55. The highest BCUT2D eigenvalue weighted by molar-refractivity contribution is 7.13. The number of hydrogen-bond acceptors (Lipinski definition) is 6. The Kier molecular flexibility index (Phi) is 6.11. The quantitative estimate of drug-likeness (QED) is 0.598. The van der Waals surface area contributed by atoms with E-state index >= 15 is 0 Å². The van der Waals surface area contributed by atoms with Crippen LogP contribution in [0.15, 0.2) is 48.1 Å². The molecule has 3 heterocycles. The van der Waals surface area contributed by atoms with E-state index in [1.54, 1.807) is 11.6 Å². The van der Waals surface area contributed by atoms with Crippen molar-refractivity contribution in [3.63, 3.8) is 0 Å². The molecule has 1 aliphatic rings. The fraction of sp³-hybridized carbons (Fsp3) is 0.350. The van der Waals surface area contributed by atoms with Gasteiger partial charge in [-0.25, -0.2) is 9.67 Å². The second-order valence-corrected chi connectivity index (χ2v) is 7.61. The number of amides is 1. The first-order valence-electron chi connectivity index (χ1n) is 9.57. The van der Waals surface area contributed by atoms with Crippen LogP contribution >= 0.6 is 11.3 Å². The molecule has 0 spiro atoms. The van der Waals surface area contributed by atoms with Crippen molar-refractivity contribution in [3.8, 4) is 16.3 Å². The molecule has 1 fully saturated rings. The first kappa shape index (κ1) is 18.8. The maximum atomic E-state index is 12.4. The zero-order chi connectivity index (χ0) is 19.2. The van der Waals surface area contributed by atoms with Crippen molar-refractivity contribution in [2.45, 2.75) is 6.42 Å². The van der Waals surface area contributed by atoms with Crippen LogP contribution in [0, 0.1) is 0 Å². The maximum absolute atomic E-state index is 12.4. The number of piperazine rings is 1. The molecule has 0 atom stereocenters. The Morgan fingerprint density at radius 2 is 2.04 bits per heavy atom. The molecular weight excluding hydrogens is 372 g/mol. The van der Waals surface area contributed by atoms with E-state index in [1.807, 2.05) is 41.2 Å². The van der Waals surface area contributed by atoms with E-state index in [0.29, 0.717) is 12.2 Å². The number of nitrogens with zero attached hydrogens (tertiary/aromatic N) is 4. The fourth-order valence-electron chi connectivity index (χ4n) is 3.20. The number of benzene rings is 1. The second-order valence-electron chi connectivity index (χ2n) is 6.75. The second kappa shape index (κ2) is 9.09. The number of carbonyl (C=O) groups excluding carboxylic acids is 1. The van der Waals surface area contributed by atoms with E-state index in [0.717, 1.165) is 55.4 Å². The lowest BCUT2D eigenvalue weighted by atomic mass is 10.3. The van der Waals surface area contributed by atoms with Crippen molar-refractivity contribution < 1.29 is 4.79 Å². The third-order valence-corrected chi connectivity index (χ3v) is 5.62. The molecule has 1 saturated heterocycles. The van der Waals surface area contributed by atoms with Gasteiger partial charge in [-0.05, 0) is 25.1 Å². The number of rotatable bonds is 7. The zero-order valence-corrected chi connectivity index (χ0v) is 16.5. The van der Waals surface area contributed by atoms with E-state index < -0.39 is 0 Å². The fourth-order valence-corrected chi connectivity index (χ4v) is 3.97. The minimum Gasteiger partial charge on any atom is -0.351 e. The summed E-state index contributed by atoms with van der Waals surface area (Å²) < 4.78 is 1.81. The van der Waals surface area contributed by atoms with Gasteiger partial charge in [0.1, 0.15) is 10.7 Å². The van der Waals surface area contributed by atoms with E-state index in [2.05, 4.69) is 25.6 Å². The predicted octanol–water partition coefficient (Wildman–Crippen LogP) is 2.02. The van der Waals surface area contributed by atoms with Gasteiger partial charge in [0, 0.05) is 49.9 Å². The molecule has 2 aromatic heterocycles. The molecule has 0 radical (unpaired) electrons. The van der Waals surface area contributed by atoms with Crippen molar-refractivity contribution >= 4 is 17.2 Å². The van der Waals surface area contributed by atoms with Crippen LogP contribution in [0.1, 0.15) is 16.9 Å². The van der Waals surface area contributed by atoms with Gasteiger partial charge in [-0.1, -0.05) is 18.2 Å². The smallest absolute Gasteiger partial charge is 0.270 e. The van der Waals surface area contributed by atoms with E-state index in [4.69, 9.17) is 0 Å². The van der Waals surface area contributed by atoms with Gasteiger partial charge in [0.05, 0.1) is 11.9 Å². The lowest BCUT2D eigenvalue weighted by molar-refractivity contribution is 0.0947. The summed E-state index contributed by atoms with van der Waals surface area (Å²) in [5, 5.41) is 13.3. The van der Waals surface area contributed by atoms with Crippen LogP contribution < -0.4 is 10.6 Å². The molecule has 0 unspecified atom stereocenters. The third kappa shape index (κ3) is 4.64. The summed E-state index contributed by atoms with van der Waals surface area (Å²) in [7, 11) is 0. The minimum atomic E-state index is -0.113. The molecule has 8 heteroatoms. The molecule has 1 amide bonds. The summed E-state index contributed by atoms with van der Waals surface area (Å²) in [6.07, 6.45) is 4.66. The Bertz CT molecular complexity index is 900. The van der Waals surface area contributed by atoms with Gasteiger partial charge in [0.15, 0.2) is 0 Å². The molecule has 2 N–H and O–H groups in total. The van der Waals surface area contributed by atoms with Crippen LogP contribution in [0.5, 0.6) is 0 Å². The van der Waals surface area contributed by atoms with Gasteiger partial charge in [0.25, 0.3) is 5.91 Å². The summed E-state index contributed by atoms with van der Waals surface area (Å²) in [4.78, 5) is 19.3. The molecule has 28 heavy (non-hydrogen) atoms. The molecule has 4 rings (SSSR count). The summed E-state index contributed by atoms with van der Waals surface area (Å²) in [5.74, 6) is -0.113. The molecule has 1 aliphatic heterocycles. The number of thiazole rings is 1. The van der Waals surface area contributed by atoms with E-state index in [1.165, 1.54) is 11.3 Å². The van der Waals surface area contributed by atoms with Gasteiger partial charge in [0.2, 0.25) is 0 Å². The summed E-state index contributed by atoms with van der Waals surface area (Å²) in [6, 6.07) is 9.93. The van der Waals surface area contributed by atoms with Gasteiger partial charge in [-0.15, -0.1) is 11.3 Å². The Balaban J connectivity index is 1.30. The lowest BCUT2D eigenvalue weighted by Gasteiger charge is -2.26. The van der Waals surface area contributed by atoms with Crippen LogP contribution in [0.25, 0.3) is 16.3 Å². The maximum Gasteiger partial charge on any atom is 0.270 e. The summed E-state index contributed by atoms with van der Waals surface area (Å²) >= 11 is 1.46. The predicted molar refractivity (Wildman–Crippen MR) is 111 cm³/mol. The number of carbonyl (C=O) groups is 1. The summed E-state index contributed by atoms with van der Waals surface area (Å²) in [5.41, 5.74) is 2.37. The Morgan fingerprint density at radius 1 is 1.21 bits per heavy atom. The van der Waals surface area contributed by atoms with E-state index in [-0.39, 0.29) is 5.91 Å². The van der Waals surface area contributed by atoms with Crippen LogP contribution in [-0.2, 0) is 0 Å². The average Bonchev–Trinajstić information content (AvgIpc) is 3.42. The SMILES string of the molecule is O=C(NCCCN1CCNCC1)c1csc(-c2cnn(-c3ccccc3)c2)n1. The van der Waals surface area contributed by atoms with Crippen molar-refractivity contribution in [3.05, 3.63) is 53.8 Å². The standard InChI is InChI=1S/C20H24N6OS/c27-19(22-7-4-10-25-11-8-21-9-12-25)18-15-28-20(24-18)16-13-23-26(14-16)17-5-2-1-3-6-17/h1-3,5-6,13-15,21H,4,7-12H2,(H,22,27). The number of aromatic nitrogens is 3. The third-order valence-electron chi connectivity index (χ3n) is 4.73. The number of para-hydroxylation sites is 1. The van der Waals surface area contributed by atoms with Crippen LogP contribution in [-0.4, -0.2) is 64.8 Å². The van der Waals surface area contributed by atoms with Gasteiger partial charge in [-0.3, -0.25) is 4.79 Å². The van der Waals surface area contributed by atoms with Gasteiger partial charge < -0.3 is 15.5 Å². The van der Waals surface area contributed by atoms with Crippen molar-refractivity contribution in [1.82, 2.24) is 30.3 Å². The first-order chi connectivity index (χ1) is 13.8. The summed E-state index contributed by atoms with van der Waals surface area (Å²) in [6.45, 7) is 5.95. The molecule has 1 aromatic carbocycles. The highest BCUT2D eigenvalue weighted by Gasteiger charge is 2.14. The monoisotopic (exact) mass is 396 g/mol. The van der Waals surface area contributed by atoms with Crippen molar-refractivity contribution in [2.75, 3.05) is 39.3 Å². The normalized spacial score (nSPS) is 14.9. The van der Waals surface area contributed by atoms with Gasteiger partial charge in [-0.2, -0.15) is 5.10 Å². The molecule has 7 nitrogen and oxygen atoms in total. The average molecular weight is 397 g/mol. The van der Waals surface area contributed by atoms with E-state index in [9.17, 15) is 4.79 Å². The molecule has 3 aromatic rings. The molecule has 146 valence electrons. The largest absolute Gasteiger partial charge is 0.351 e. The van der Waals surface area contributed by atoms with Crippen LogP contribution in [0.4, 0.5) is 0 Å². The topological polar surface area (TPSA) is 75.1 Å². The molecule has 0 aliphatic carbocycles. The first-order valence-corrected chi connectivity index (χ1v) is 10.4. The highest BCUT2D eigenvalue weighted by atomic mass is 32.1. The molecule has 0 saturated carbocycles. The number of nitrogens with one attached hydrogen (secondary N) is 2. The zero-order valence-electron chi connectivity index (χ0n) is 15.7. The number of hydrogen-bond donors (Lipinski definition) is 2. The highest BCUT2D eigenvalue weighted by Crippen LogP contribution is 2.24. The minimum absolute atomic E-state index is 0.113. The van der Waals surface area contributed by atoms with Crippen LogP contribution in [0.3, 0.4) is 0 Å².